The molecule has 0 radical (unpaired) electrons. The summed E-state index contributed by atoms with van der Waals surface area (Å²) in [6, 6.07) is 9.01. The number of rotatable bonds is 8. The summed E-state index contributed by atoms with van der Waals surface area (Å²) in [6.07, 6.45) is 8.66. The number of amides is 2. The standard InChI is InChI=1S/C30H34FN7O3/c1-30(2,3)22-14-23(19-32-18-22)35-29(39)36-27-5-4-24(15-26(27)31)41-25-6-7-33-28(16-25)21-17-34-38(20-21)9-8-37-10-12-40-13-11-37/h4-7,14-20H,8-13H2,1-3H3,(H2,35,36,39). The predicted molar refractivity (Wildman–Crippen MR) is 155 cm³/mol. The number of hydrogen-bond acceptors (Lipinski definition) is 7. The molecule has 0 bridgehead atoms. The highest BCUT2D eigenvalue weighted by molar-refractivity contribution is 5.99. The van der Waals surface area contributed by atoms with Crippen LogP contribution in [0.4, 0.5) is 20.6 Å². The van der Waals surface area contributed by atoms with Gasteiger partial charge in [-0.15, -0.1) is 0 Å². The van der Waals surface area contributed by atoms with Crippen molar-refractivity contribution >= 4 is 17.4 Å². The van der Waals surface area contributed by atoms with Crippen LogP contribution in [0, 0.1) is 5.82 Å². The lowest BCUT2D eigenvalue weighted by Gasteiger charge is -2.26. The van der Waals surface area contributed by atoms with Crippen LogP contribution in [-0.2, 0) is 16.7 Å². The molecule has 0 aliphatic carbocycles. The lowest BCUT2D eigenvalue weighted by atomic mass is 9.88. The topological polar surface area (TPSA) is 106 Å². The maximum absolute atomic E-state index is 14.9. The smallest absolute Gasteiger partial charge is 0.323 e. The number of pyridine rings is 2. The molecule has 1 aliphatic heterocycles. The summed E-state index contributed by atoms with van der Waals surface area (Å²) in [5, 5.41) is 9.70. The first-order valence-corrected chi connectivity index (χ1v) is 13.5. The van der Waals surface area contributed by atoms with Crippen LogP contribution in [0.25, 0.3) is 11.3 Å². The van der Waals surface area contributed by atoms with Gasteiger partial charge in [-0.2, -0.15) is 5.10 Å². The van der Waals surface area contributed by atoms with Gasteiger partial charge in [-0.25, -0.2) is 9.18 Å². The van der Waals surface area contributed by atoms with Crippen LogP contribution in [0.15, 0.2) is 67.4 Å². The van der Waals surface area contributed by atoms with E-state index < -0.39 is 11.8 Å². The average Bonchev–Trinajstić information content (AvgIpc) is 3.43. The fraction of sp³-hybridized carbons (Fsp3) is 0.333. The van der Waals surface area contributed by atoms with Crippen molar-refractivity contribution in [2.45, 2.75) is 32.7 Å². The number of aromatic nitrogens is 4. The summed E-state index contributed by atoms with van der Waals surface area (Å²) in [5.41, 5.74) is 2.95. The van der Waals surface area contributed by atoms with E-state index in [1.807, 2.05) is 16.9 Å². The van der Waals surface area contributed by atoms with Crippen molar-refractivity contribution < 1.29 is 18.7 Å². The lowest BCUT2D eigenvalue weighted by molar-refractivity contribution is 0.0360. The van der Waals surface area contributed by atoms with E-state index in [9.17, 15) is 9.18 Å². The Morgan fingerprint density at radius 1 is 1.02 bits per heavy atom. The highest BCUT2D eigenvalue weighted by Crippen LogP contribution is 2.28. The van der Waals surface area contributed by atoms with Crippen LogP contribution in [0.5, 0.6) is 11.5 Å². The van der Waals surface area contributed by atoms with Crippen molar-refractivity contribution in [2.24, 2.45) is 0 Å². The highest BCUT2D eigenvalue weighted by Gasteiger charge is 2.16. The number of hydrogen-bond donors (Lipinski definition) is 2. The zero-order valence-electron chi connectivity index (χ0n) is 23.4. The van der Waals surface area contributed by atoms with Crippen molar-refractivity contribution in [1.29, 1.82) is 0 Å². The molecule has 41 heavy (non-hydrogen) atoms. The Morgan fingerprint density at radius 2 is 1.83 bits per heavy atom. The first kappa shape index (κ1) is 28.2. The Balaban J connectivity index is 1.18. The van der Waals surface area contributed by atoms with Crippen molar-refractivity contribution in [3.8, 4) is 22.8 Å². The molecule has 1 saturated heterocycles. The fourth-order valence-electron chi connectivity index (χ4n) is 4.32. The van der Waals surface area contributed by atoms with Gasteiger partial charge in [-0.05, 0) is 35.2 Å². The third kappa shape index (κ3) is 7.65. The summed E-state index contributed by atoms with van der Waals surface area (Å²) in [4.78, 5) is 23.5. The van der Waals surface area contributed by atoms with Gasteiger partial charge in [-0.1, -0.05) is 20.8 Å². The zero-order chi connectivity index (χ0) is 28.8. The number of urea groups is 1. The van der Waals surface area contributed by atoms with E-state index in [0.717, 1.165) is 50.5 Å². The van der Waals surface area contributed by atoms with E-state index in [-0.39, 0.29) is 16.9 Å². The highest BCUT2D eigenvalue weighted by atomic mass is 19.1. The number of nitrogens with one attached hydrogen (secondary N) is 2. The van der Waals surface area contributed by atoms with Crippen molar-refractivity contribution in [3.63, 3.8) is 0 Å². The number of morpholine rings is 1. The first-order valence-electron chi connectivity index (χ1n) is 13.5. The van der Waals surface area contributed by atoms with Crippen molar-refractivity contribution in [2.75, 3.05) is 43.5 Å². The number of anilines is 2. The summed E-state index contributed by atoms with van der Waals surface area (Å²) < 4.78 is 28.0. The lowest BCUT2D eigenvalue weighted by Crippen LogP contribution is -2.38. The largest absolute Gasteiger partial charge is 0.457 e. The molecule has 11 heteroatoms. The second-order valence-electron chi connectivity index (χ2n) is 10.9. The van der Waals surface area contributed by atoms with E-state index in [4.69, 9.17) is 9.47 Å². The van der Waals surface area contributed by atoms with Crippen LogP contribution in [0.2, 0.25) is 0 Å². The van der Waals surface area contributed by atoms with Gasteiger partial charge in [0.05, 0.1) is 49.2 Å². The van der Waals surface area contributed by atoms with Crippen LogP contribution in [-0.4, -0.2) is 63.5 Å². The average molecular weight is 560 g/mol. The van der Waals surface area contributed by atoms with Gasteiger partial charge in [0.15, 0.2) is 0 Å². The Bertz CT molecular complexity index is 1500. The molecule has 1 fully saturated rings. The third-order valence-corrected chi connectivity index (χ3v) is 6.70. The van der Waals surface area contributed by atoms with Gasteiger partial charge in [0, 0.05) is 55.9 Å². The maximum atomic E-state index is 14.9. The first-order chi connectivity index (χ1) is 19.7. The molecule has 4 heterocycles. The van der Waals surface area contributed by atoms with Gasteiger partial charge in [-0.3, -0.25) is 19.5 Å². The Labute approximate surface area is 238 Å². The molecule has 0 unspecified atom stereocenters. The molecule has 0 atom stereocenters. The zero-order valence-corrected chi connectivity index (χ0v) is 23.4. The molecule has 1 aromatic carbocycles. The van der Waals surface area contributed by atoms with Gasteiger partial charge in [0.25, 0.3) is 0 Å². The number of benzene rings is 1. The molecular formula is C30H34FN7O3. The maximum Gasteiger partial charge on any atom is 0.323 e. The minimum Gasteiger partial charge on any atom is -0.457 e. The number of ether oxygens (including phenoxy) is 2. The van der Waals surface area contributed by atoms with Crippen molar-refractivity contribution in [1.82, 2.24) is 24.6 Å². The Kier molecular flexibility index (Phi) is 8.55. The monoisotopic (exact) mass is 559 g/mol. The van der Waals surface area contributed by atoms with E-state index in [0.29, 0.717) is 17.1 Å². The molecule has 1 aliphatic rings. The normalized spacial score (nSPS) is 14.0. The summed E-state index contributed by atoms with van der Waals surface area (Å²) in [6.45, 7) is 11.3. The van der Waals surface area contributed by atoms with Crippen molar-refractivity contribution in [3.05, 3.63) is 78.8 Å². The van der Waals surface area contributed by atoms with E-state index in [1.54, 1.807) is 43.0 Å². The van der Waals surface area contributed by atoms with Crippen LogP contribution in [0.1, 0.15) is 26.3 Å². The van der Waals surface area contributed by atoms with E-state index >= 15 is 0 Å². The summed E-state index contributed by atoms with van der Waals surface area (Å²) in [5.74, 6) is 0.157. The quantitative estimate of drug-likeness (QED) is 0.292. The number of nitrogens with zero attached hydrogens (tertiary/aromatic N) is 5. The SMILES string of the molecule is CC(C)(C)c1cncc(NC(=O)Nc2ccc(Oc3ccnc(-c4cnn(CCN5CCOCC5)c4)c3)cc2F)c1. The third-order valence-electron chi connectivity index (χ3n) is 6.70. The molecule has 0 saturated carbocycles. The van der Waals surface area contributed by atoms with Gasteiger partial charge in [0.1, 0.15) is 17.3 Å². The number of carbonyl (C=O) groups is 1. The minimum atomic E-state index is -0.630. The minimum absolute atomic E-state index is 0.0229. The molecule has 2 amide bonds. The molecule has 3 aromatic heterocycles. The fourth-order valence-corrected chi connectivity index (χ4v) is 4.32. The molecule has 2 N–H and O–H groups in total. The second kappa shape index (κ2) is 12.4. The van der Waals surface area contributed by atoms with Crippen LogP contribution in [0.3, 0.4) is 0 Å². The molecule has 214 valence electrons. The van der Waals surface area contributed by atoms with E-state index in [2.05, 4.69) is 51.4 Å². The molecule has 4 aromatic rings. The van der Waals surface area contributed by atoms with Crippen LogP contribution < -0.4 is 15.4 Å². The summed E-state index contributed by atoms with van der Waals surface area (Å²) in [7, 11) is 0. The predicted octanol–water partition coefficient (Wildman–Crippen LogP) is 5.55. The Morgan fingerprint density at radius 3 is 2.61 bits per heavy atom. The second-order valence-corrected chi connectivity index (χ2v) is 10.9. The number of carbonyl (C=O) groups excluding carboxylic acids is 1. The van der Waals surface area contributed by atoms with Crippen LogP contribution >= 0.6 is 0 Å². The van der Waals surface area contributed by atoms with Gasteiger partial charge in [0.2, 0.25) is 0 Å². The Hall–Kier alpha value is -4.35. The van der Waals surface area contributed by atoms with Gasteiger partial charge >= 0.3 is 6.03 Å². The number of halogens is 1. The molecule has 10 nitrogen and oxygen atoms in total. The molecular weight excluding hydrogens is 525 g/mol. The molecule has 0 spiro atoms. The summed E-state index contributed by atoms with van der Waals surface area (Å²) >= 11 is 0. The van der Waals surface area contributed by atoms with Gasteiger partial charge < -0.3 is 20.1 Å². The van der Waals surface area contributed by atoms with E-state index in [1.165, 1.54) is 12.1 Å². The molecule has 5 rings (SSSR count).